The van der Waals surface area contributed by atoms with Gasteiger partial charge in [-0.05, 0) is 17.7 Å². The van der Waals surface area contributed by atoms with Crippen LogP contribution in [0.5, 0.6) is 0 Å². The molecule has 0 heterocycles. The maximum absolute atomic E-state index is 12.4. The topological polar surface area (TPSA) is 49.5 Å². The third-order valence-electron chi connectivity index (χ3n) is 2.51. The highest BCUT2D eigenvalue weighted by Gasteiger charge is 2.11. The van der Waals surface area contributed by atoms with E-state index in [1.54, 1.807) is 0 Å². The van der Waals surface area contributed by atoms with Crippen LogP contribution in [0.1, 0.15) is 11.1 Å². The summed E-state index contributed by atoms with van der Waals surface area (Å²) in [5.74, 6) is 5.64. The lowest BCUT2D eigenvalue weighted by molar-refractivity contribution is 0.0746. The van der Waals surface area contributed by atoms with Crippen LogP contribution in [-0.2, 0) is 6.54 Å². The summed E-state index contributed by atoms with van der Waals surface area (Å²) in [6.07, 6.45) is -2.40. The van der Waals surface area contributed by atoms with Crippen LogP contribution >= 0.6 is 0 Å². The van der Waals surface area contributed by atoms with E-state index in [-0.39, 0.29) is 19.7 Å². The first kappa shape index (κ1) is 15.6. The number of nitrogens with zero attached hydrogens (tertiary/aromatic N) is 1. The maximum atomic E-state index is 12.4. The number of nitrogens with two attached hydrogens (primary N) is 1. The van der Waals surface area contributed by atoms with Gasteiger partial charge in [0.2, 0.25) is 0 Å². The van der Waals surface area contributed by atoms with E-state index in [9.17, 15) is 8.78 Å². The Morgan fingerprint density at radius 1 is 1.26 bits per heavy atom. The lowest BCUT2D eigenvalue weighted by Gasteiger charge is -2.20. The summed E-state index contributed by atoms with van der Waals surface area (Å²) in [6.45, 7) is 0.455. The molecule has 0 saturated carbocycles. The van der Waals surface area contributed by atoms with Gasteiger partial charge in [-0.2, -0.15) is 0 Å². The van der Waals surface area contributed by atoms with Crippen molar-refractivity contribution in [1.29, 1.82) is 0 Å². The Morgan fingerprint density at radius 2 is 1.95 bits per heavy atom. The number of aliphatic hydroxyl groups excluding tert-OH is 1. The fraction of sp³-hybridized carbons (Fsp3) is 0.429. The molecule has 0 unspecified atom stereocenters. The zero-order chi connectivity index (χ0) is 14.1. The molecule has 3 N–H and O–H groups in total. The van der Waals surface area contributed by atoms with Crippen LogP contribution in [0.15, 0.2) is 24.3 Å². The molecule has 0 aliphatic carbocycles. The third kappa shape index (κ3) is 6.30. The van der Waals surface area contributed by atoms with E-state index in [4.69, 9.17) is 10.8 Å². The quantitative estimate of drug-likeness (QED) is 0.758. The van der Waals surface area contributed by atoms with Crippen molar-refractivity contribution in [2.24, 2.45) is 5.73 Å². The van der Waals surface area contributed by atoms with Gasteiger partial charge in [-0.1, -0.05) is 24.0 Å². The molecule has 1 rings (SSSR count). The number of halogens is 2. The summed E-state index contributed by atoms with van der Waals surface area (Å²) in [7, 11) is 0. The monoisotopic (exact) mass is 268 g/mol. The van der Waals surface area contributed by atoms with Gasteiger partial charge in [-0.3, -0.25) is 4.90 Å². The highest BCUT2D eigenvalue weighted by atomic mass is 19.3. The largest absolute Gasteiger partial charge is 0.395 e. The molecule has 1 aromatic rings. The maximum Gasteiger partial charge on any atom is 0.251 e. The average Bonchev–Trinajstić information content (AvgIpc) is 2.37. The molecule has 0 bridgehead atoms. The number of hydrogen-bond donors (Lipinski definition) is 2. The number of aliphatic hydroxyl groups is 1. The van der Waals surface area contributed by atoms with Crippen molar-refractivity contribution >= 4 is 0 Å². The van der Waals surface area contributed by atoms with E-state index in [1.165, 1.54) is 4.90 Å². The summed E-state index contributed by atoms with van der Waals surface area (Å²) in [6, 6.07) is 7.35. The van der Waals surface area contributed by atoms with Gasteiger partial charge in [0.25, 0.3) is 6.43 Å². The zero-order valence-corrected chi connectivity index (χ0v) is 10.6. The van der Waals surface area contributed by atoms with Crippen molar-refractivity contribution in [3.63, 3.8) is 0 Å². The molecule has 0 aliphatic heterocycles. The molecular weight excluding hydrogens is 250 g/mol. The molecule has 1 aromatic carbocycles. The molecular formula is C14H18F2N2O. The molecule has 3 nitrogen and oxygen atoms in total. The Labute approximate surface area is 112 Å². The molecule has 0 aromatic heterocycles. The van der Waals surface area contributed by atoms with Crippen molar-refractivity contribution in [1.82, 2.24) is 4.90 Å². The van der Waals surface area contributed by atoms with E-state index in [0.717, 1.165) is 11.1 Å². The van der Waals surface area contributed by atoms with Gasteiger partial charge in [0.1, 0.15) is 0 Å². The SMILES string of the molecule is NCC#Cc1ccc(CN(CCO)CC(F)F)cc1. The van der Waals surface area contributed by atoms with E-state index >= 15 is 0 Å². The van der Waals surface area contributed by atoms with Crippen molar-refractivity contribution in [3.8, 4) is 11.8 Å². The number of hydrogen-bond acceptors (Lipinski definition) is 3. The normalized spacial score (nSPS) is 10.6. The first-order valence-electron chi connectivity index (χ1n) is 6.05. The fourth-order valence-corrected chi connectivity index (χ4v) is 1.68. The molecule has 104 valence electrons. The molecule has 0 aliphatic rings. The van der Waals surface area contributed by atoms with Gasteiger partial charge < -0.3 is 10.8 Å². The smallest absolute Gasteiger partial charge is 0.251 e. The summed E-state index contributed by atoms with van der Waals surface area (Å²) in [5.41, 5.74) is 7.03. The van der Waals surface area contributed by atoms with Crippen LogP contribution in [0.3, 0.4) is 0 Å². The number of alkyl halides is 2. The molecule has 0 spiro atoms. The summed E-state index contributed by atoms with van der Waals surface area (Å²) in [5, 5.41) is 8.85. The van der Waals surface area contributed by atoms with Crippen molar-refractivity contribution < 1.29 is 13.9 Å². The Bertz CT molecular complexity index is 423. The second kappa shape index (κ2) is 8.59. The van der Waals surface area contributed by atoms with Crippen LogP contribution in [0, 0.1) is 11.8 Å². The zero-order valence-electron chi connectivity index (χ0n) is 10.6. The van der Waals surface area contributed by atoms with E-state index in [2.05, 4.69) is 11.8 Å². The molecule has 0 atom stereocenters. The third-order valence-corrected chi connectivity index (χ3v) is 2.51. The fourth-order valence-electron chi connectivity index (χ4n) is 1.68. The first-order valence-corrected chi connectivity index (χ1v) is 6.05. The number of benzene rings is 1. The first-order chi connectivity index (χ1) is 9.15. The minimum atomic E-state index is -2.40. The van der Waals surface area contributed by atoms with E-state index < -0.39 is 6.43 Å². The Balaban J connectivity index is 2.63. The predicted octanol–water partition coefficient (Wildman–Crippen LogP) is 1.06. The summed E-state index contributed by atoms with van der Waals surface area (Å²) in [4.78, 5) is 1.52. The highest BCUT2D eigenvalue weighted by Crippen LogP contribution is 2.08. The van der Waals surface area contributed by atoms with Gasteiger partial charge >= 0.3 is 0 Å². The standard InChI is InChI=1S/C14H18F2N2O/c15-14(16)11-18(8-9-19)10-13-5-3-12(4-6-13)2-1-7-17/h3-6,14,19H,7-11,17H2. The average molecular weight is 268 g/mol. The Hall–Kier alpha value is -1.48. The summed E-state index contributed by atoms with van der Waals surface area (Å²) >= 11 is 0. The van der Waals surface area contributed by atoms with Crippen LogP contribution in [0.4, 0.5) is 8.78 Å². The second-order valence-corrected chi connectivity index (χ2v) is 4.05. The lowest BCUT2D eigenvalue weighted by Crippen LogP contribution is -2.31. The van der Waals surface area contributed by atoms with Gasteiger partial charge in [-0.25, -0.2) is 8.78 Å². The highest BCUT2D eigenvalue weighted by molar-refractivity contribution is 5.36. The summed E-state index contributed by atoms with van der Waals surface area (Å²) < 4.78 is 24.7. The predicted molar refractivity (Wildman–Crippen MR) is 70.7 cm³/mol. The van der Waals surface area contributed by atoms with E-state index in [1.807, 2.05) is 24.3 Å². The van der Waals surface area contributed by atoms with Crippen LogP contribution < -0.4 is 5.73 Å². The molecule has 0 radical (unpaired) electrons. The molecule has 0 amide bonds. The lowest BCUT2D eigenvalue weighted by atomic mass is 10.1. The molecule has 5 heteroatoms. The van der Waals surface area contributed by atoms with Gasteiger partial charge in [0.15, 0.2) is 0 Å². The van der Waals surface area contributed by atoms with Crippen LogP contribution in [0.2, 0.25) is 0 Å². The molecule has 0 saturated heterocycles. The van der Waals surface area contributed by atoms with Gasteiger partial charge in [0, 0.05) is 18.7 Å². The number of rotatable bonds is 6. The van der Waals surface area contributed by atoms with Gasteiger partial charge in [-0.15, -0.1) is 0 Å². The van der Waals surface area contributed by atoms with Crippen molar-refractivity contribution in [2.75, 3.05) is 26.2 Å². The molecule has 0 fully saturated rings. The van der Waals surface area contributed by atoms with Crippen molar-refractivity contribution in [2.45, 2.75) is 13.0 Å². The van der Waals surface area contributed by atoms with Crippen LogP contribution in [-0.4, -0.2) is 42.7 Å². The van der Waals surface area contributed by atoms with Gasteiger partial charge in [0.05, 0.1) is 19.7 Å². The Morgan fingerprint density at radius 3 is 2.47 bits per heavy atom. The Kier molecular flexibility index (Phi) is 7.04. The van der Waals surface area contributed by atoms with Crippen LogP contribution in [0.25, 0.3) is 0 Å². The second-order valence-electron chi connectivity index (χ2n) is 4.05. The molecule has 19 heavy (non-hydrogen) atoms. The van der Waals surface area contributed by atoms with Crippen molar-refractivity contribution in [3.05, 3.63) is 35.4 Å². The minimum absolute atomic E-state index is 0.132. The minimum Gasteiger partial charge on any atom is -0.395 e. The van der Waals surface area contributed by atoms with E-state index in [0.29, 0.717) is 13.1 Å².